The van der Waals surface area contributed by atoms with Crippen LogP contribution >= 0.6 is 11.8 Å². The number of thioether (sulfide) groups is 1. The Morgan fingerprint density at radius 3 is 2.63 bits per heavy atom. The van der Waals surface area contributed by atoms with Gasteiger partial charge in [0.15, 0.2) is 11.5 Å². The molecule has 1 aliphatic rings. The van der Waals surface area contributed by atoms with Crippen LogP contribution in [0, 0.1) is 0 Å². The van der Waals surface area contributed by atoms with Crippen LogP contribution in [0.1, 0.15) is 23.0 Å². The lowest BCUT2D eigenvalue weighted by molar-refractivity contribution is -0.123. The van der Waals surface area contributed by atoms with Gasteiger partial charge in [-0.1, -0.05) is 24.3 Å². The first-order chi connectivity index (χ1) is 17.0. The van der Waals surface area contributed by atoms with Crippen molar-refractivity contribution >= 4 is 35.0 Å². The largest absolute Gasteiger partial charge is 0.493 e. The molecule has 9 heteroatoms. The maximum Gasteiger partial charge on any atom is 0.338 e. The normalized spacial score (nSPS) is 14.5. The first-order valence-corrected chi connectivity index (χ1v) is 11.7. The number of ether oxygens (including phenoxy) is 3. The van der Waals surface area contributed by atoms with Gasteiger partial charge in [-0.15, -0.1) is 0 Å². The fourth-order valence-corrected chi connectivity index (χ4v) is 4.25. The molecule has 8 nitrogen and oxygen atoms in total. The minimum Gasteiger partial charge on any atom is -0.493 e. The molecule has 1 aromatic heterocycles. The van der Waals surface area contributed by atoms with Crippen molar-refractivity contribution in [2.45, 2.75) is 6.92 Å². The van der Waals surface area contributed by atoms with Crippen molar-refractivity contribution in [3.05, 3.63) is 76.9 Å². The van der Waals surface area contributed by atoms with Crippen LogP contribution in [0.25, 0.3) is 17.4 Å². The molecule has 0 aliphatic carbocycles. The van der Waals surface area contributed by atoms with Crippen LogP contribution in [0.3, 0.4) is 0 Å². The fraction of sp³-hybridized carbons (Fsp3) is 0.192. The zero-order valence-corrected chi connectivity index (χ0v) is 20.0. The molecular formula is C26H23NO7S. The van der Waals surface area contributed by atoms with Crippen molar-refractivity contribution in [3.8, 4) is 22.8 Å². The zero-order valence-electron chi connectivity index (χ0n) is 19.2. The molecule has 4 rings (SSSR count). The van der Waals surface area contributed by atoms with E-state index < -0.39 is 11.9 Å². The molecule has 1 saturated heterocycles. The van der Waals surface area contributed by atoms with Crippen LogP contribution in [-0.4, -0.2) is 48.9 Å². The van der Waals surface area contributed by atoms with Gasteiger partial charge < -0.3 is 18.6 Å². The van der Waals surface area contributed by atoms with E-state index in [1.807, 2.05) is 12.1 Å². The summed E-state index contributed by atoms with van der Waals surface area (Å²) in [4.78, 5) is 38.6. The molecule has 0 atom stereocenters. The molecule has 0 unspecified atom stereocenters. The number of rotatable bonds is 9. The quantitative estimate of drug-likeness (QED) is 0.295. The van der Waals surface area contributed by atoms with Crippen molar-refractivity contribution in [1.82, 2.24) is 4.90 Å². The minimum atomic E-state index is -0.413. The molecule has 0 radical (unpaired) electrons. The van der Waals surface area contributed by atoms with Gasteiger partial charge in [0.05, 0.1) is 30.7 Å². The molecule has 0 saturated carbocycles. The van der Waals surface area contributed by atoms with Gasteiger partial charge in [-0.25, -0.2) is 4.79 Å². The zero-order chi connectivity index (χ0) is 24.8. The molecule has 0 bridgehead atoms. The lowest BCUT2D eigenvalue weighted by Crippen LogP contribution is -2.32. The molecule has 0 spiro atoms. The number of benzene rings is 2. The van der Waals surface area contributed by atoms with E-state index in [4.69, 9.17) is 18.6 Å². The summed E-state index contributed by atoms with van der Waals surface area (Å²) in [5.74, 6) is 1.22. The Hall–Kier alpha value is -3.98. The van der Waals surface area contributed by atoms with Gasteiger partial charge in [-0.3, -0.25) is 14.5 Å². The van der Waals surface area contributed by atoms with E-state index in [0.29, 0.717) is 34.1 Å². The molecule has 1 aliphatic heterocycles. The van der Waals surface area contributed by atoms with Gasteiger partial charge in [-0.2, -0.15) is 0 Å². The first-order valence-electron chi connectivity index (χ1n) is 10.9. The van der Waals surface area contributed by atoms with Crippen LogP contribution in [-0.2, 0) is 9.53 Å². The van der Waals surface area contributed by atoms with E-state index in [-0.39, 0.29) is 29.9 Å². The second-order valence-electron chi connectivity index (χ2n) is 7.34. The Balaban J connectivity index is 1.42. The summed E-state index contributed by atoms with van der Waals surface area (Å²) in [6, 6.07) is 17.5. The lowest BCUT2D eigenvalue weighted by atomic mass is 10.1. The molecule has 0 N–H and O–H groups in total. The highest BCUT2D eigenvalue weighted by atomic mass is 32.2. The predicted molar refractivity (Wildman–Crippen MR) is 131 cm³/mol. The Bertz CT molecular complexity index is 1280. The number of imide groups is 1. The highest BCUT2D eigenvalue weighted by Crippen LogP contribution is 2.33. The average Bonchev–Trinajstić information content (AvgIpc) is 3.44. The Kier molecular flexibility index (Phi) is 7.57. The molecule has 3 aromatic rings. The Labute approximate surface area is 206 Å². The van der Waals surface area contributed by atoms with Crippen molar-refractivity contribution in [2.24, 2.45) is 0 Å². The summed E-state index contributed by atoms with van der Waals surface area (Å²) in [5, 5.41) is -0.376. The number of furan rings is 1. The minimum absolute atomic E-state index is 0.101. The van der Waals surface area contributed by atoms with Gasteiger partial charge in [0.25, 0.3) is 11.1 Å². The fourth-order valence-electron chi connectivity index (χ4n) is 3.41. The summed E-state index contributed by atoms with van der Waals surface area (Å²) < 4.78 is 21.8. The Morgan fingerprint density at radius 2 is 1.86 bits per heavy atom. The van der Waals surface area contributed by atoms with Crippen LogP contribution in [0.15, 0.2) is 70.0 Å². The van der Waals surface area contributed by atoms with Crippen molar-refractivity contribution in [2.75, 3.05) is 26.9 Å². The van der Waals surface area contributed by atoms with Crippen LogP contribution in [0.4, 0.5) is 4.79 Å². The lowest BCUT2D eigenvalue weighted by Gasteiger charge is -2.14. The third kappa shape index (κ3) is 5.58. The number of hydrogen-bond acceptors (Lipinski definition) is 8. The maximum absolute atomic E-state index is 12.8. The number of carbonyl (C=O) groups excluding carboxylic acids is 3. The summed E-state index contributed by atoms with van der Waals surface area (Å²) in [7, 11) is 1.54. The van der Waals surface area contributed by atoms with E-state index in [1.165, 1.54) is 6.08 Å². The van der Waals surface area contributed by atoms with E-state index in [1.54, 1.807) is 62.6 Å². The number of carbonyl (C=O) groups is 3. The number of nitrogens with zero attached hydrogens (tertiary/aromatic N) is 1. The highest BCUT2D eigenvalue weighted by Gasteiger charge is 2.35. The SMILES string of the molecule is CCOC(=O)c1cccc(-c2ccc(/C=C3\SC(=O)N(CCOc4ccccc4OC)C3=O)o2)c1. The molecule has 35 heavy (non-hydrogen) atoms. The van der Waals surface area contributed by atoms with Gasteiger partial charge in [0.1, 0.15) is 18.1 Å². The molecular weight excluding hydrogens is 470 g/mol. The molecule has 2 heterocycles. The summed E-state index contributed by atoms with van der Waals surface area (Å²) in [5.41, 5.74) is 1.11. The number of esters is 1. The monoisotopic (exact) mass is 493 g/mol. The smallest absolute Gasteiger partial charge is 0.338 e. The average molecular weight is 494 g/mol. The second kappa shape index (κ2) is 11.0. The Morgan fingerprint density at radius 1 is 1.06 bits per heavy atom. The summed E-state index contributed by atoms with van der Waals surface area (Å²) >= 11 is 0.845. The topological polar surface area (TPSA) is 95.3 Å². The molecule has 2 amide bonds. The van der Waals surface area contributed by atoms with E-state index in [0.717, 1.165) is 16.7 Å². The molecule has 2 aromatic carbocycles. The molecule has 180 valence electrons. The van der Waals surface area contributed by atoms with Gasteiger partial charge in [0, 0.05) is 11.6 Å². The number of hydrogen-bond donors (Lipinski definition) is 0. The van der Waals surface area contributed by atoms with Crippen molar-refractivity contribution in [3.63, 3.8) is 0 Å². The van der Waals surface area contributed by atoms with E-state index in [9.17, 15) is 14.4 Å². The summed E-state index contributed by atoms with van der Waals surface area (Å²) in [6.07, 6.45) is 1.53. The van der Waals surface area contributed by atoms with E-state index >= 15 is 0 Å². The third-order valence-electron chi connectivity index (χ3n) is 5.07. The highest BCUT2D eigenvalue weighted by molar-refractivity contribution is 8.18. The molecule has 1 fully saturated rings. The van der Waals surface area contributed by atoms with Gasteiger partial charge in [0.2, 0.25) is 0 Å². The second-order valence-corrected chi connectivity index (χ2v) is 8.33. The third-order valence-corrected chi connectivity index (χ3v) is 5.98. The maximum atomic E-state index is 12.8. The van der Waals surface area contributed by atoms with Gasteiger partial charge in [-0.05, 0) is 55.1 Å². The van der Waals surface area contributed by atoms with E-state index in [2.05, 4.69) is 0 Å². The van der Waals surface area contributed by atoms with Gasteiger partial charge >= 0.3 is 5.97 Å². The van der Waals surface area contributed by atoms with Crippen molar-refractivity contribution in [1.29, 1.82) is 0 Å². The van der Waals surface area contributed by atoms with Crippen LogP contribution in [0.2, 0.25) is 0 Å². The predicted octanol–water partition coefficient (Wildman–Crippen LogP) is 5.25. The summed E-state index contributed by atoms with van der Waals surface area (Å²) in [6.45, 7) is 2.27. The number of amides is 2. The number of methoxy groups -OCH3 is 1. The standard InChI is InChI=1S/C26H23NO7S/c1-3-32-25(29)18-8-6-7-17(15-18)20-12-11-19(34-20)16-23-24(28)27(26(30)35-23)13-14-33-22-10-5-4-9-21(22)31-2/h4-12,15-16H,3,13-14H2,1-2H3/b23-16-. The first kappa shape index (κ1) is 24.2. The van der Waals surface area contributed by atoms with Crippen LogP contribution in [0.5, 0.6) is 11.5 Å². The van der Waals surface area contributed by atoms with Crippen LogP contribution < -0.4 is 9.47 Å². The number of para-hydroxylation sites is 2. The van der Waals surface area contributed by atoms with Crippen molar-refractivity contribution < 1.29 is 33.0 Å².